The lowest BCUT2D eigenvalue weighted by molar-refractivity contribution is 0.0784. The molecule has 0 radical (unpaired) electrons. The molecule has 0 N–H and O–H groups in total. The quantitative estimate of drug-likeness (QED) is 0.812. The average molecular weight is 333 g/mol. The van der Waals surface area contributed by atoms with Crippen LogP contribution >= 0.6 is 31.9 Å². The van der Waals surface area contributed by atoms with Crippen LogP contribution in [-0.4, -0.2) is 23.9 Å². The third-order valence-corrected chi connectivity index (χ3v) is 3.73. The van der Waals surface area contributed by atoms with Crippen molar-refractivity contribution in [3.63, 3.8) is 0 Å². The van der Waals surface area contributed by atoms with E-state index in [1.807, 2.05) is 30.1 Å². The summed E-state index contributed by atoms with van der Waals surface area (Å²) in [5, 5.41) is 0. The first-order chi connectivity index (χ1) is 7.09. The zero-order valence-electron chi connectivity index (χ0n) is 8.34. The number of nitrogens with zero attached hydrogens (tertiary/aromatic N) is 1. The largest absolute Gasteiger partial charge is 0.339 e. The van der Waals surface area contributed by atoms with Gasteiger partial charge in [0.25, 0.3) is 5.91 Å². The number of amides is 1. The maximum atomic E-state index is 12.0. The molecule has 1 aliphatic rings. The summed E-state index contributed by atoms with van der Waals surface area (Å²) in [6.07, 6.45) is 2.27. The van der Waals surface area contributed by atoms with Crippen molar-refractivity contribution in [2.75, 3.05) is 7.05 Å². The summed E-state index contributed by atoms with van der Waals surface area (Å²) in [6, 6.07) is 6.08. The number of carbonyl (C=O) groups is 1. The van der Waals surface area contributed by atoms with Crippen molar-refractivity contribution in [2.24, 2.45) is 0 Å². The first-order valence-corrected chi connectivity index (χ1v) is 6.40. The Morgan fingerprint density at radius 3 is 2.60 bits per heavy atom. The van der Waals surface area contributed by atoms with E-state index in [1.54, 1.807) is 0 Å². The van der Waals surface area contributed by atoms with Crippen LogP contribution < -0.4 is 0 Å². The van der Waals surface area contributed by atoms with Crippen molar-refractivity contribution in [3.8, 4) is 0 Å². The van der Waals surface area contributed by atoms with Crippen LogP contribution in [-0.2, 0) is 0 Å². The molecule has 1 aromatic carbocycles. The van der Waals surface area contributed by atoms with Crippen molar-refractivity contribution in [1.29, 1.82) is 0 Å². The summed E-state index contributed by atoms with van der Waals surface area (Å²) < 4.78 is 1.81. The molecule has 0 unspecified atom stereocenters. The lowest BCUT2D eigenvalue weighted by Gasteiger charge is -2.17. The Labute approximate surface area is 106 Å². The molecule has 1 amide bonds. The van der Waals surface area contributed by atoms with Crippen LogP contribution in [0, 0.1) is 0 Å². The second-order valence-corrected chi connectivity index (χ2v) is 5.54. The molecular formula is C11H11Br2NO. The van der Waals surface area contributed by atoms with Gasteiger partial charge in [-0.2, -0.15) is 0 Å². The molecule has 0 atom stereocenters. The van der Waals surface area contributed by atoms with Crippen LogP contribution in [0.3, 0.4) is 0 Å². The van der Waals surface area contributed by atoms with Gasteiger partial charge in [0.2, 0.25) is 0 Å². The molecule has 1 aliphatic carbocycles. The van der Waals surface area contributed by atoms with Gasteiger partial charge in [-0.15, -0.1) is 0 Å². The fourth-order valence-electron chi connectivity index (χ4n) is 1.48. The van der Waals surface area contributed by atoms with E-state index in [1.165, 1.54) is 0 Å². The minimum absolute atomic E-state index is 0.0943. The molecule has 15 heavy (non-hydrogen) atoms. The fourth-order valence-corrected chi connectivity index (χ4v) is 2.70. The van der Waals surface area contributed by atoms with Crippen molar-refractivity contribution < 1.29 is 4.79 Å². The first-order valence-electron chi connectivity index (χ1n) is 4.82. The van der Waals surface area contributed by atoms with E-state index < -0.39 is 0 Å². The molecule has 1 saturated carbocycles. The average Bonchev–Trinajstić information content (AvgIpc) is 2.99. The SMILES string of the molecule is CN(C(=O)c1ccc(Br)cc1Br)C1CC1. The Morgan fingerprint density at radius 1 is 1.40 bits per heavy atom. The highest BCUT2D eigenvalue weighted by Crippen LogP contribution is 2.29. The minimum atomic E-state index is 0.0943. The summed E-state index contributed by atoms with van der Waals surface area (Å²) in [5.74, 6) is 0.0943. The van der Waals surface area contributed by atoms with Gasteiger partial charge in [-0.25, -0.2) is 0 Å². The third-order valence-electron chi connectivity index (χ3n) is 2.58. The summed E-state index contributed by atoms with van der Waals surface area (Å²) >= 11 is 6.78. The minimum Gasteiger partial charge on any atom is -0.339 e. The maximum Gasteiger partial charge on any atom is 0.254 e. The second kappa shape index (κ2) is 4.26. The molecule has 0 saturated heterocycles. The normalized spacial score (nSPS) is 15.1. The molecule has 0 heterocycles. The Morgan fingerprint density at radius 2 is 2.07 bits per heavy atom. The van der Waals surface area contributed by atoms with Crippen LogP contribution in [0.15, 0.2) is 27.1 Å². The van der Waals surface area contributed by atoms with Gasteiger partial charge in [0.05, 0.1) is 5.56 Å². The second-order valence-electron chi connectivity index (χ2n) is 3.77. The van der Waals surface area contributed by atoms with Crippen LogP contribution in [0.1, 0.15) is 23.2 Å². The van der Waals surface area contributed by atoms with E-state index in [-0.39, 0.29) is 5.91 Å². The maximum absolute atomic E-state index is 12.0. The monoisotopic (exact) mass is 331 g/mol. The van der Waals surface area contributed by atoms with E-state index in [4.69, 9.17) is 0 Å². The predicted molar refractivity (Wildman–Crippen MR) is 67.0 cm³/mol. The molecule has 4 heteroatoms. The van der Waals surface area contributed by atoms with Crippen molar-refractivity contribution in [2.45, 2.75) is 18.9 Å². The van der Waals surface area contributed by atoms with Gasteiger partial charge in [-0.1, -0.05) is 15.9 Å². The first kappa shape index (κ1) is 11.1. The Kier molecular flexibility index (Phi) is 3.16. The van der Waals surface area contributed by atoms with Crippen LogP contribution in [0.5, 0.6) is 0 Å². The molecule has 80 valence electrons. The van der Waals surface area contributed by atoms with Gasteiger partial charge in [0.15, 0.2) is 0 Å². The van der Waals surface area contributed by atoms with E-state index in [2.05, 4.69) is 31.9 Å². The van der Waals surface area contributed by atoms with E-state index in [0.29, 0.717) is 6.04 Å². The van der Waals surface area contributed by atoms with Gasteiger partial charge >= 0.3 is 0 Å². The molecule has 2 rings (SSSR count). The standard InChI is InChI=1S/C11H11Br2NO/c1-14(8-3-4-8)11(15)9-5-2-7(12)6-10(9)13/h2,5-6,8H,3-4H2,1H3. The molecule has 1 aromatic rings. The fraction of sp³-hybridized carbons (Fsp3) is 0.364. The number of rotatable bonds is 2. The van der Waals surface area contributed by atoms with E-state index in [9.17, 15) is 4.79 Å². The van der Waals surface area contributed by atoms with Gasteiger partial charge in [-0.05, 0) is 47.0 Å². The summed E-state index contributed by atoms with van der Waals surface area (Å²) in [5.41, 5.74) is 0.729. The molecule has 0 aliphatic heterocycles. The summed E-state index contributed by atoms with van der Waals surface area (Å²) in [6.45, 7) is 0. The highest BCUT2D eigenvalue weighted by Gasteiger charge is 2.30. The zero-order chi connectivity index (χ0) is 11.0. The number of benzene rings is 1. The smallest absolute Gasteiger partial charge is 0.254 e. The van der Waals surface area contributed by atoms with Gasteiger partial charge in [-0.3, -0.25) is 4.79 Å². The van der Waals surface area contributed by atoms with E-state index in [0.717, 1.165) is 27.4 Å². The highest BCUT2D eigenvalue weighted by molar-refractivity contribution is 9.11. The molecular weight excluding hydrogens is 322 g/mol. The lowest BCUT2D eigenvalue weighted by Crippen LogP contribution is -2.28. The van der Waals surface area contributed by atoms with E-state index >= 15 is 0 Å². The number of halogens is 2. The molecule has 1 fully saturated rings. The third kappa shape index (κ3) is 2.42. The number of hydrogen-bond donors (Lipinski definition) is 0. The molecule has 0 aromatic heterocycles. The zero-order valence-corrected chi connectivity index (χ0v) is 11.5. The highest BCUT2D eigenvalue weighted by atomic mass is 79.9. The Balaban J connectivity index is 2.24. The summed E-state index contributed by atoms with van der Waals surface area (Å²) in [7, 11) is 1.87. The number of hydrogen-bond acceptors (Lipinski definition) is 1. The topological polar surface area (TPSA) is 20.3 Å². The Hall–Kier alpha value is -0.350. The lowest BCUT2D eigenvalue weighted by atomic mass is 10.2. The molecule has 0 bridgehead atoms. The van der Waals surface area contributed by atoms with Crippen LogP contribution in [0.4, 0.5) is 0 Å². The number of carbonyl (C=O) groups excluding carboxylic acids is 1. The van der Waals surface area contributed by atoms with Gasteiger partial charge in [0, 0.05) is 22.0 Å². The summed E-state index contributed by atoms with van der Waals surface area (Å²) in [4.78, 5) is 13.9. The Bertz CT molecular complexity index is 402. The van der Waals surface area contributed by atoms with Gasteiger partial charge < -0.3 is 4.90 Å². The van der Waals surface area contributed by atoms with Crippen LogP contribution in [0.25, 0.3) is 0 Å². The van der Waals surface area contributed by atoms with Crippen molar-refractivity contribution >= 4 is 37.8 Å². The van der Waals surface area contributed by atoms with Crippen LogP contribution in [0.2, 0.25) is 0 Å². The molecule has 0 spiro atoms. The van der Waals surface area contributed by atoms with Gasteiger partial charge in [0.1, 0.15) is 0 Å². The predicted octanol–water partition coefficient (Wildman–Crippen LogP) is 3.45. The van der Waals surface area contributed by atoms with Crippen molar-refractivity contribution in [1.82, 2.24) is 4.90 Å². The molecule has 2 nitrogen and oxygen atoms in total. The van der Waals surface area contributed by atoms with Crippen molar-refractivity contribution in [3.05, 3.63) is 32.7 Å².